The standard InChI is InChI=1S/C27H39N3O2.ClH/c1-17(29-30-25(32)18-10-14-28-15-11-18)22-6-7-23-21-5-4-19-16-20(31)8-12-26(19,2)24(21)9-13-27(22,23)3;/h10-11,14-15,19-24,31H,4-9,12-13,16H2,1-3H3,(H,30,32);1H/b29-17-;/t19-,20?,21?,22?,23?,24?,26?,27?;/m0./s1. The van der Waals surface area contributed by atoms with Crippen molar-refractivity contribution >= 4 is 11.6 Å². The quantitative estimate of drug-likeness (QED) is 0.517. The molecule has 0 spiro atoms. The van der Waals surface area contributed by atoms with Crippen molar-refractivity contribution in [2.75, 3.05) is 0 Å². The Morgan fingerprint density at radius 3 is 2.48 bits per heavy atom. The number of fused-ring (bicyclic) bond motifs is 5. The fourth-order valence-corrected chi connectivity index (χ4v) is 8.74. The molecule has 33 heavy (non-hydrogen) atoms. The highest BCUT2D eigenvalue weighted by Gasteiger charge is 2.60. The van der Waals surface area contributed by atoms with Crippen molar-refractivity contribution in [2.24, 2.45) is 45.5 Å². The number of nitrogens with one attached hydrogen (secondary N) is 2. The summed E-state index contributed by atoms with van der Waals surface area (Å²) in [5, 5.41) is 14.9. The van der Waals surface area contributed by atoms with Crippen LogP contribution in [0.2, 0.25) is 0 Å². The normalized spacial score (nSPS) is 42.4. The van der Waals surface area contributed by atoms with Crippen LogP contribution in [-0.4, -0.2) is 22.8 Å². The van der Waals surface area contributed by atoms with Gasteiger partial charge in [0.15, 0.2) is 12.4 Å². The van der Waals surface area contributed by atoms with Crippen molar-refractivity contribution in [3.63, 3.8) is 0 Å². The fraction of sp³-hybridized carbons (Fsp3) is 0.741. The highest BCUT2D eigenvalue weighted by Crippen LogP contribution is 2.67. The Labute approximate surface area is 204 Å². The van der Waals surface area contributed by atoms with Gasteiger partial charge >= 0.3 is 0 Å². The Bertz CT molecular complexity index is 893. The molecule has 0 aliphatic heterocycles. The van der Waals surface area contributed by atoms with E-state index in [2.05, 4.69) is 36.3 Å². The van der Waals surface area contributed by atoms with Crippen molar-refractivity contribution in [1.29, 1.82) is 0 Å². The zero-order valence-corrected chi connectivity index (χ0v) is 21.1. The molecule has 182 valence electrons. The number of rotatable bonds is 3. The molecule has 4 saturated carbocycles. The van der Waals surface area contributed by atoms with E-state index in [-0.39, 0.29) is 24.4 Å². The van der Waals surface area contributed by atoms with Crippen molar-refractivity contribution < 1.29 is 27.3 Å². The Kier molecular flexibility index (Phi) is 6.95. The number of pyridine rings is 1. The molecule has 5 nitrogen and oxygen atoms in total. The van der Waals surface area contributed by atoms with Crippen LogP contribution in [-0.2, 0) is 0 Å². The highest BCUT2D eigenvalue weighted by molar-refractivity contribution is 5.95. The van der Waals surface area contributed by atoms with Crippen LogP contribution in [0.3, 0.4) is 0 Å². The molecule has 1 aromatic heterocycles. The van der Waals surface area contributed by atoms with Gasteiger partial charge in [0.05, 0.1) is 11.7 Å². The molecular formula is C27H40ClN3O2. The van der Waals surface area contributed by atoms with Gasteiger partial charge in [-0.25, -0.2) is 10.4 Å². The number of halogens is 1. The number of H-pyrrole nitrogens is 1. The van der Waals surface area contributed by atoms with Crippen LogP contribution in [0.15, 0.2) is 29.6 Å². The van der Waals surface area contributed by atoms with Crippen molar-refractivity contribution in [3.05, 3.63) is 30.1 Å². The minimum Gasteiger partial charge on any atom is -1.00 e. The monoisotopic (exact) mass is 473 g/mol. The lowest BCUT2D eigenvalue weighted by atomic mass is 9.44. The number of amides is 1. The third-order valence-electron chi connectivity index (χ3n) is 10.5. The second-order valence-corrected chi connectivity index (χ2v) is 11.7. The number of hydrogen-bond donors (Lipinski definition) is 2. The Morgan fingerprint density at radius 2 is 1.73 bits per heavy atom. The molecule has 5 rings (SSSR count). The molecule has 1 aromatic rings. The molecule has 0 aromatic carbocycles. The van der Waals surface area contributed by atoms with Gasteiger partial charge in [0, 0.05) is 23.8 Å². The highest BCUT2D eigenvalue weighted by atomic mass is 35.5. The van der Waals surface area contributed by atoms with Gasteiger partial charge in [0.1, 0.15) is 0 Å². The van der Waals surface area contributed by atoms with Crippen LogP contribution in [0.5, 0.6) is 0 Å². The summed E-state index contributed by atoms with van der Waals surface area (Å²) in [4.78, 5) is 15.4. The summed E-state index contributed by atoms with van der Waals surface area (Å²) in [6, 6.07) is 3.55. The number of aliphatic hydroxyl groups excluding tert-OH is 1. The molecule has 0 radical (unpaired) electrons. The first-order valence-corrected chi connectivity index (χ1v) is 12.8. The number of hydrogen-bond acceptors (Lipinski definition) is 3. The maximum absolute atomic E-state index is 12.5. The van der Waals surface area contributed by atoms with Gasteiger partial charge in [-0.15, -0.1) is 0 Å². The lowest BCUT2D eigenvalue weighted by Gasteiger charge is -2.61. The molecule has 1 amide bonds. The first-order valence-electron chi connectivity index (χ1n) is 12.8. The largest absolute Gasteiger partial charge is 1.00 e. The molecule has 4 aliphatic carbocycles. The summed E-state index contributed by atoms with van der Waals surface area (Å²) >= 11 is 0. The summed E-state index contributed by atoms with van der Waals surface area (Å²) in [5.41, 5.74) is 5.23. The minimum absolute atomic E-state index is 0. The van der Waals surface area contributed by atoms with Gasteiger partial charge in [-0.3, -0.25) is 4.79 Å². The van der Waals surface area contributed by atoms with Crippen LogP contribution in [0.25, 0.3) is 0 Å². The molecule has 3 N–H and O–H groups in total. The maximum Gasteiger partial charge on any atom is 0.271 e. The Morgan fingerprint density at radius 1 is 1.03 bits per heavy atom. The first kappa shape index (κ1) is 24.7. The number of aliphatic hydroxyl groups is 1. The summed E-state index contributed by atoms with van der Waals surface area (Å²) in [6.07, 6.45) is 14.4. The van der Waals surface area contributed by atoms with Crippen molar-refractivity contribution in [1.82, 2.24) is 5.43 Å². The second kappa shape index (κ2) is 9.30. The van der Waals surface area contributed by atoms with Crippen LogP contribution >= 0.6 is 0 Å². The van der Waals surface area contributed by atoms with Gasteiger partial charge in [-0.2, -0.15) is 5.10 Å². The number of carbonyl (C=O) groups is 1. The summed E-state index contributed by atoms with van der Waals surface area (Å²) in [6.45, 7) is 7.18. The van der Waals surface area contributed by atoms with Crippen LogP contribution < -0.4 is 22.8 Å². The molecule has 0 saturated heterocycles. The van der Waals surface area contributed by atoms with Gasteiger partial charge in [-0.1, -0.05) is 13.8 Å². The Hall–Kier alpha value is -1.46. The molecule has 7 unspecified atom stereocenters. The van der Waals surface area contributed by atoms with Crippen molar-refractivity contribution in [2.45, 2.75) is 84.7 Å². The molecule has 1 heterocycles. The minimum atomic E-state index is -0.146. The first-order chi connectivity index (χ1) is 15.3. The number of hydrazone groups is 1. The predicted octanol–water partition coefficient (Wildman–Crippen LogP) is 1.63. The molecule has 4 fully saturated rings. The number of carbonyl (C=O) groups excluding carboxylic acids is 1. The zero-order chi connectivity index (χ0) is 22.5. The third kappa shape index (κ3) is 4.14. The molecule has 4 aliphatic rings. The topological polar surface area (TPSA) is 75.8 Å². The average Bonchev–Trinajstić information content (AvgIpc) is 3.15. The third-order valence-corrected chi connectivity index (χ3v) is 10.5. The van der Waals surface area contributed by atoms with E-state index in [1.807, 2.05) is 0 Å². The summed E-state index contributed by atoms with van der Waals surface area (Å²) < 4.78 is 0. The SMILES string of the molecule is C/C(=N/NC(=O)c1cc[nH+]cc1)C1CCC2C3CC[C@H]4CC(O)CCC4(C)C3CCC12C.[Cl-]. The second-order valence-electron chi connectivity index (χ2n) is 11.7. The van der Waals surface area contributed by atoms with E-state index in [9.17, 15) is 9.90 Å². The lowest BCUT2D eigenvalue weighted by molar-refractivity contribution is -0.378. The fourth-order valence-electron chi connectivity index (χ4n) is 8.74. The van der Waals surface area contributed by atoms with Crippen molar-refractivity contribution in [3.8, 4) is 0 Å². The van der Waals surface area contributed by atoms with E-state index in [0.717, 1.165) is 36.3 Å². The number of nitrogens with zero attached hydrogens (tertiary/aromatic N) is 1. The van der Waals surface area contributed by atoms with Gasteiger partial charge in [0.2, 0.25) is 0 Å². The Balaban J connectivity index is 0.00000259. The molecule has 8 atom stereocenters. The van der Waals surface area contributed by atoms with E-state index in [0.29, 0.717) is 28.2 Å². The van der Waals surface area contributed by atoms with Gasteiger partial charge < -0.3 is 17.5 Å². The van der Waals surface area contributed by atoms with E-state index in [4.69, 9.17) is 0 Å². The maximum atomic E-state index is 12.5. The van der Waals surface area contributed by atoms with Crippen LogP contribution in [0.4, 0.5) is 0 Å². The van der Waals surface area contributed by atoms with E-state index >= 15 is 0 Å². The zero-order valence-electron chi connectivity index (χ0n) is 20.3. The predicted molar refractivity (Wildman–Crippen MR) is 125 cm³/mol. The van der Waals surface area contributed by atoms with Crippen LogP contribution in [0, 0.1) is 40.4 Å². The van der Waals surface area contributed by atoms with Gasteiger partial charge in [-0.05, 0) is 99.2 Å². The van der Waals surface area contributed by atoms with Gasteiger partial charge in [0.25, 0.3) is 5.91 Å². The van der Waals surface area contributed by atoms with E-state index in [1.54, 1.807) is 24.5 Å². The molecule has 6 heteroatoms. The average molecular weight is 474 g/mol. The summed E-state index contributed by atoms with van der Waals surface area (Å²) in [7, 11) is 0. The molecule has 0 bridgehead atoms. The lowest BCUT2D eigenvalue weighted by Crippen LogP contribution is -3.00. The van der Waals surface area contributed by atoms with E-state index in [1.165, 1.54) is 44.9 Å². The smallest absolute Gasteiger partial charge is 0.271 e. The van der Waals surface area contributed by atoms with Crippen LogP contribution in [0.1, 0.15) is 88.9 Å². The van der Waals surface area contributed by atoms with E-state index < -0.39 is 0 Å². The molecular weight excluding hydrogens is 434 g/mol. The number of aromatic amines is 1. The summed E-state index contributed by atoms with van der Waals surface area (Å²) in [5.74, 6) is 3.42. The number of aromatic nitrogens is 1.